The zero-order valence-electron chi connectivity index (χ0n) is 14.4. The molecule has 0 fully saturated rings. The van der Waals surface area contributed by atoms with Crippen molar-refractivity contribution < 1.29 is 9.53 Å². The van der Waals surface area contributed by atoms with Crippen molar-refractivity contribution >= 4 is 17.4 Å². The largest absolute Gasteiger partial charge is 0.375 e. The van der Waals surface area contributed by atoms with Crippen molar-refractivity contribution in [3.63, 3.8) is 0 Å². The Hall–Kier alpha value is -2.66. The Morgan fingerprint density at radius 3 is 2.50 bits per heavy atom. The van der Waals surface area contributed by atoms with E-state index in [1.165, 1.54) is 7.11 Å². The first-order valence-electron chi connectivity index (χ1n) is 7.84. The second-order valence-electron chi connectivity index (χ2n) is 6.10. The van der Waals surface area contributed by atoms with Crippen LogP contribution in [0.1, 0.15) is 16.7 Å². The molecule has 24 heavy (non-hydrogen) atoms. The highest BCUT2D eigenvalue weighted by molar-refractivity contribution is 5.95. The molecule has 0 aliphatic carbocycles. The van der Waals surface area contributed by atoms with Gasteiger partial charge in [-0.25, -0.2) is 4.98 Å². The van der Waals surface area contributed by atoms with Crippen molar-refractivity contribution in [3.8, 4) is 11.3 Å². The number of fused-ring (bicyclic) bond motifs is 1. The maximum atomic E-state index is 12.1. The van der Waals surface area contributed by atoms with Crippen molar-refractivity contribution in [2.45, 2.75) is 20.8 Å². The van der Waals surface area contributed by atoms with E-state index >= 15 is 0 Å². The number of carbonyl (C=O) groups is 1. The van der Waals surface area contributed by atoms with Crippen LogP contribution in [0.5, 0.6) is 0 Å². The van der Waals surface area contributed by atoms with Crippen LogP contribution < -0.4 is 5.32 Å². The second-order valence-corrected chi connectivity index (χ2v) is 6.10. The van der Waals surface area contributed by atoms with Gasteiger partial charge in [0.05, 0.1) is 0 Å². The molecule has 2 aromatic heterocycles. The molecule has 0 aliphatic rings. The molecule has 0 radical (unpaired) electrons. The fraction of sp³-hybridized carbons (Fsp3) is 0.263. The lowest BCUT2D eigenvalue weighted by Crippen LogP contribution is -2.18. The van der Waals surface area contributed by atoms with E-state index in [0.717, 1.165) is 33.6 Å². The van der Waals surface area contributed by atoms with Crippen LogP contribution in [-0.2, 0) is 9.53 Å². The average molecular weight is 323 g/mol. The number of aryl methyl sites for hydroxylation is 3. The molecule has 0 aliphatic heterocycles. The van der Waals surface area contributed by atoms with E-state index in [2.05, 4.69) is 37.4 Å². The van der Waals surface area contributed by atoms with Gasteiger partial charge in [-0.05, 0) is 50.6 Å². The number of hydrogen-bond donors (Lipinski definition) is 1. The minimum atomic E-state index is -0.203. The summed E-state index contributed by atoms with van der Waals surface area (Å²) in [6.07, 6.45) is 1.92. The highest BCUT2D eigenvalue weighted by Gasteiger charge is 2.17. The van der Waals surface area contributed by atoms with Gasteiger partial charge >= 0.3 is 0 Å². The maximum absolute atomic E-state index is 12.1. The molecule has 3 rings (SSSR count). The summed E-state index contributed by atoms with van der Waals surface area (Å²) in [4.78, 5) is 16.8. The van der Waals surface area contributed by atoms with Gasteiger partial charge in [-0.3, -0.25) is 9.20 Å². The third-order valence-corrected chi connectivity index (χ3v) is 3.81. The number of ether oxygens (including phenoxy) is 1. The summed E-state index contributed by atoms with van der Waals surface area (Å²) >= 11 is 0. The first-order valence-corrected chi connectivity index (χ1v) is 7.84. The first kappa shape index (κ1) is 16.2. The van der Waals surface area contributed by atoms with E-state index in [1.807, 2.05) is 29.7 Å². The average Bonchev–Trinajstić information content (AvgIpc) is 2.84. The third-order valence-electron chi connectivity index (χ3n) is 3.81. The summed E-state index contributed by atoms with van der Waals surface area (Å²) in [7, 11) is 1.50. The molecule has 0 saturated carbocycles. The van der Waals surface area contributed by atoms with Gasteiger partial charge in [-0.1, -0.05) is 17.2 Å². The Morgan fingerprint density at radius 1 is 1.12 bits per heavy atom. The number of aromatic nitrogens is 2. The summed E-state index contributed by atoms with van der Waals surface area (Å²) in [6.45, 7) is 6.14. The van der Waals surface area contributed by atoms with Crippen LogP contribution in [0.2, 0.25) is 0 Å². The smallest absolute Gasteiger partial charge is 0.251 e. The Kier molecular flexibility index (Phi) is 4.36. The number of benzene rings is 1. The number of hydrogen-bond acceptors (Lipinski definition) is 3. The van der Waals surface area contributed by atoms with Crippen LogP contribution in [0.25, 0.3) is 16.9 Å². The van der Waals surface area contributed by atoms with Crippen molar-refractivity contribution in [2.75, 3.05) is 19.0 Å². The van der Waals surface area contributed by atoms with E-state index in [9.17, 15) is 4.79 Å². The van der Waals surface area contributed by atoms with E-state index in [0.29, 0.717) is 5.82 Å². The number of amides is 1. The van der Waals surface area contributed by atoms with Crippen molar-refractivity contribution in [3.05, 3.63) is 53.2 Å². The highest BCUT2D eigenvalue weighted by Crippen LogP contribution is 2.30. The summed E-state index contributed by atoms with van der Waals surface area (Å²) < 4.78 is 6.82. The van der Waals surface area contributed by atoms with Gasteiger partial charge in [0, 0.05) is 18.9 Å². The highest BCUT2D eigenvalue weighted by atomic mass is 16.5. The van der Waals surface area contributed by atoms with Gasteiger partial charge in [-0.15, -0.1) is 0 Å². The van der Waals surface area contributed by atoms with Gasteiger partial charge in [-0.2, -0.15) is 0 Å². The molecule has 5 nitrogen and oxygen atoms in total. The van der Waals surface area contributed by atoms with Gasteiger partial charge in [0.25, 0.3) is 5.91 Å². The van der Waals surface area contributed by atoms with Gasteiger partial charge in [0.2, 0.25) is 0 Å². The quantitative estimate of drug-likeness (QED) is 0.799. The Balaban J connectivity index is 2.19. The number of methoxy groups -OCH3 is 1. The fourth-order valence-electron chi connectivity index (χ4n) is 2.88. The van der Waals surface area contributed by atoms with Crippen LogP contribution in [0.15, 0.2) is 36.5 Å². The normalized spacial score (nSPS) is 11.0. The number of nitrogens with zero attached hydrogens (tertiary/aromatic N) is 2. The van der Waals surface area contributed by atoms with E-state index in [1.54, 1.807) is 0 Å². The molecule has 1 aromatic carbocycles. The Bertz CT molecular complexity index is 892. The zero-order valence-corrected chi connectivity index (χ0v) is 14.4. The number of anilines is 1. The molecule has 124 valence electrons. The second kappa shape index (κ2) is 6.45. The number of rotatable bonds is 4. The fourth-order valence-corrected chi connectivity index (χ4v) is 2.88. The van der Waals surface area contributed by atoms with Crippen LogP contribution in [0.4, 0.5) is 5.82 Å². The SMILES string of the molecule is COCC(=O)Nc1c(-c2cc(C)cc(C)c2)nc2cc(C)ccn12. The molecule has 0 spiro atoms. The summed E-state index contributed by atoms with van der Waals surface area (Å²) in [5.41, 5.74) is 5.99. The lowest BCUT2D eigenvalue weighted by molar-refractivity contribution is -0.119. The first-order chi connectivity index (χ1) is 11.5. The molecule has 2 heterocycles. The van der Waals surface area contributed by atoms with Crippen LogP contribution in [-0.4, -0.2) is 29.0 Å². The number of nitrogens with one attached hydrogen (secondary N) is 1. The molecule has 0 atom stereocenters. The van der Waals surface area contributed by atoms with Crippen LogP contribution in [0.3, 0.4) is 0 Å². The summed E-state index contributed by atoms with van der Waals surface area (Å²) in [5.74, 6) is 0.461. The predicted molar refractivity (Wildman–Crippen MR) is 95.3 cm³/mol. The van der Waals surface area contributed by atoms with Crippen LogP contribution in [0, 0.1) is 20.8 Å². The van der Waals surface area contributed by atoms with E-state index in [-0.39, 0.29) is 12.5 Å². The number of pyridine rings is 1. The minimum absolute atomic E-state index is 0.00534. The van der Waals surface area contributed by atoms with Crippen molar-refractivity contribution in [1.29, 1.82) is 0 Å². The number of imidazole rings is 1. The summed E-state index contributed by atoms with van der Waals surface area (Å²) in [6, 6.07) is 10.3. The Labute approximate surface area is 141 Å². The topological polar surface area (TPSA) is 55.6 Å². The van der Waals surface area contributed by atoms with Gasteiger partial charge < -0.3 is 10.1 Å². The molecule has 3 aromatic rings. The molecular weight excluding hydrogens is 302 g/mol. The van der Waals surface area contributed by atoms with Crippen LogP contribution >= 0.6 is 0 Å². The van der Waals surface area contributed by atoms with Gasteiger partial charge in [0.15, 0.2) is 0 Å². The standard InChI is InChI=1S/C19H21N3O2/c1-12-5-6-22-16(10-12)20-18(19(22)21-17(23)11-24-4)15-8-13(2)7-14(3)9-15/h5-10H,11H2,1-4H3,(H,21,23). The lowest BCUT2D eigenvalue weighted by Gasteiger charge is -2.08. The number of carbonyl (C=O) groups excluding carboxylic acids is 1. The predicted octanol–water partition coefficient (Wildman–Crippen LogP) is 3.51. The lowest BCUT2D eigenvalue weighted by atomic mass is 10.1. The van der Waals surface area contributed by atoms with E-state index < -0.39 is 0 Å². The monoisotopic (exact) mass is 323 g/mol. The molecule has 5 heteroatoms. The van der Waals surface area contributed by atoms with E-state index in [4.69, 9.17) is 9.72 Å². The third kappa shape index (κ3) is 3.16. The molecule has 0 unspecified atom stereocenters. The maximum Gasteiger partial charge on any atom is 0.251 e. The minimum Gasteiger partial charge on any atom is -0.375 e. The molecule has 0 saturated heterocycles. The molecule has 1 amide bonds. The zero-order chi connectivity index (χ0) is 17.3. The Morgan fingerprint density at radius 2 is 1.83 bits per heavy atom. The molecular formula is C19H21N3O2. The van der Waals surface area contributed by atoms with Crippen molar-refractivity contribution in [2.24, 2.45) is 0 Å². The molecule has 1 N–H and O–H groups in total. The molecule has 0 bridgehead atoms. The van der Waals surface area contributed by atoms with Gasteiger partial charge in [0.1, 0.15) is 23.8 Å². The summed E-state index contributed by atoms with van der Waals surface area (Å²) in [5, 5.41) is 2.93. The van der Waals surface area contributed by atoms with Crippen molar-refractivity contribution in [1.82, 2.24) is 9.38 Å².